The summed E-state index contributed by atoms with van der Waals surface area (Å²) in [5.74, 6) is 0.665. The molecule has 1 amide bonds. The van der Waals surface area contributed by atoms with Crippen molar-refractivity contribution in [3.63, 3.8) is 0 Å². The number of likely N-dealkylation sites (tertiary alicyclic amines) is 1. The minimum atomic E-state index is -0.0941. The van der Waals surface area contributed by atoms with Gasteiger partial charge in [-0.25, -0.2) is 4.98 Å². The standard InChI is InChI=1S/C25H29N3O2S/c1-18(2)19-11-6-8-14-22(19)28-24(30)20-12-5-7-13-21(20)26-25(28)31-17-23(29)27-15-9-3-4-10-16-27/h5-8,11-14,18H,3-4,9-10,15-17H2,1-2H3. The topological polar surface area (TPSA) is 55.2 Å². The molecule has 0 radical (unpaired) electrons. The lowest BCUT2D eigenvalue weighted by Crippen LogP contribution is -2.33. The molecule has 6 heteroatoms. The summed E-state index contributed by atoms with van der Waals surface area (Å²) in [5.41, 5.74) is 2.49. The van der Waals surface area contributed by atoms with Crippen LogP contribution in [0.4, 0.5) is 0 Å². The van der Waals surface area contributed by atoms with Crippen molar-refractivity contribution in [1.82, 2.24) is 14.5 Å². The van der Waals surface area contributed by atoms with Crippen molar-refractivity contribution >= 4 is 28.6 Å². The van der Waals surface area contributed by atoms with Gasteiger partial charge in [-0.3, -0.25) is 14.2 Å². The summed E-state index contributed by atoms with van der Waals surface area (Å²) in [6, 6.07) is 15.4. The van der Waals surface area contributed by atoms with Gasteiger partial charge in [0.2, 0.25) is 5.91 Å². The Bertz CT molecular complexity index is 1130. The van der Waals surface area contributed by atoms with Crippen LogP contribution in [0.2, 0.25) is 0 Å². The molecule has 1 aromatic heterocycles. The SMILES string of the molecule is CC(C)c1ccccc1-n1c(SCC(=O)N2CCCCCC2)nc2ccccc2c1=O. The number of hydrogen-bond acceptors (Lipinski definition) is 4. The van der Waals surface area contributed by atoms with Crippen LogP contribution in [-0.4, -0.2) is 39.2 Å². The first-order valence-electron chi connectivity index (χ1n) is 11.1. The predicted molar refractivity (Wildman–Crippen MR) is 127 cm³/mol. The average molecular weight is 436 g/mol. The number of benzene rings is 2. The number of rotatable bonds is 5. The van der Waals surface area contributed by atoms with E-state index >= 15 is 0 Å². The third-order valence-electron chi connectivity index (χ3n) is 5.83. The number of fused-ring (bicyclic) bond motifs is 1. The third-order valence-corrected chi connectivity index (χ3v) is 6.75. The Morgan fingerprint density at radius 1 is 1.00 bits per heavy atom. The van der Waals surface area contributed by atoms with E-state index in [1.54, 1.807) is 4.57 Å². The van der Waals surface area contributed by atoms with Gasteiger partial charge in [-0.2, -0.15) is 0 Å². The first kappa shape index (κ1) is 21.6. The second-order valence-electron chi connectivity index (χ2n) is 8.35. The van der Waals surface area contributed by atoms with Crippen LogP contribution in [0.1, 0.15) is 51.0 Å². The fourth-order valence-corrected chi connectivity index (χ4v) is 5.05. The second-order valence-corrected chi connectivity index (χ2v) is 9.29. The van der Waals surface area contributed by atoms with Crippen LogP contribution >= 0.6 is 11.8 Å². The molecule has 162 valence electrons. The summed E-state index contributed by atoms with van der Waals surface area (Å²) in [7, 11) is 0. The Kier molecular flexibility index (Phi) is 6.76. The van der Waals surface area contributed by atoms with Crippen LogP contribution in [0.25, 0.3) is 16.6 Å². The zero-order valence-corrected chi connectivity index (χ0v) is 19.0. The molecule has 0 aliphatic carbocycles. The maximum Gasteiger partial charge on any atom is 0.266 e. The number of carbonyl (C=O) groups is 1. The van der Waals surface area contributed by atoms with E-state index in [-0.39, 0.29) is 23.1 Å². The Balaban J connectivity index is 1.75. The highest BCUT2D eigenvalue weighted by Gasteiger charge is 2.20. The van der Waals surface area contributed by atoms with Crippen molar-refractivity contribution in [2.45, 2.75) is 50.6 Å². The van der Waals surface area contributed by atoms with E-state index in [0.717, 1.165) is 37.2 Å². The van der Waals surface area contributed by atoms with Gasteiger partial charge in [0.15, 0.2) is 5.16 Å². The molecular weight excluding hydrogens is 406 g/mol. The van der Waals surface area contributed by atoms with E-state index in [1.165, 1.54) is 24.6 Å². The van der Waals surface area contributed by atoms with Gasteiger partial charge >= 0.3 is 0 Å². The van der Waals surface area contributed by atoms with Crippen LogP contribution in [0.15, 0.2) is 58.5 Å². The van der Waals surface area contributed by atoms with Gasteiger partial charge in [-0.1, -0.05) is 68.8 Å². The smallest absolute Gasteiger partial charge is 0.266 e. The minimum absolute atomic E-state index is 0.0941. The Labute approximate surface area is 187 Å². The van der Waals surface area contributed by atoms with Crippen molar-refractivity contribution in [2.75, 3.05) is 18.8 Å². The average Bonchev–Trinajstić information content (AvgIpc) is 3.07. The van der Waals surface area contributed by atoms with Gasteiger partial charge in [0, 0.05) is 13.1 Å². The quantitative estimate of drug-likeness (QED) is 0.418. The van der Waals surface area contributed by atoms with Gasteiger partial charge in [0.25, 0.3) is 5.56 Å². The Morgan fingerprint density at radius 2 is 1.68 bits per heavy atom. The number of carbonyl (C=O) groups excluding carboxylic acids is 1. The molecule has 2 aromatic carbocycles. The lowest BCUT2D eigenvalue weighted by molar-refractivity contribution is -0.128. The number of hydrogen-bond donors (Lipinski definition) is 0. The zero-order valence-electron chi connectivity index (χ0n) is 18.2. The summed E-state index contributed by atoms with van der Waals surface area (Å²) in [6.07, 6.45) is 4.51. The van der Waals surface area contributed by atoms with E-state index in [9.17, 15) is 9.59 Å². The van der Waals surface area contributed by atoms with Crippen molar-refractivity contribution in [1.29, 1.82) is 0 Å². The molecule has 0 unspecified atom stereocenters. The molecular formula is C25H29N3O2S. The third kappa shape index (κ3) is 4.69. The molecule has 2 heterocycles. The van der Waals surface area contributed by atoms with Crippen LogP contribution in [-0.2, 0) is 4.79 Å². The molecule has 0 bridgehead atoms. The monoisotopic (exact) mass is 435 g/mol. The molecule has 0 N–H and O–H groups in total. The molecule has 0 spiro atoms. The molecule has 1 fully saturated rings. The van der Waals surface area contributed by atoms with Crippen molar-refractivity contribution < 1.29 is 4.79 Å². The molecule has 4 rings (SSSR count). The van der Waals surface area contributed by atoms with Crippen LogP contribution in [0.5, 0.6) is 0 Å². The van der Waals surface area contributed by atoms with Crippen LogP contribution in [0.3, 0.4) is 0 Å². The fraction of sp³-hybridized carbons (Fsp3) is 0.400. The van der Waals surface area contributed by atoms with E-state index in [1.807, 2.05) is 47.4 Å². The highest BCUT2D eigenvalue weighted by atomic mass is 32.2. The van der Waals surface area contributed by atoms with Crippen molar-refractivity contribution in [3.8, 4) is 5.69 Å². The zero-order chi connectivity index (χ0) is 21.8. The Morgan fingerprint density at radius 3 is 2.42 bits per heavy atom. The number of nitrogens with zero attached hydrogens (tertiary/aromatic N) is 3. The second kappa shape index (κ2) is 9.69. The molecule has 0 saturated carbocycles. The summed E-state index contributed by atoms with van der Waals surface area (Å²) in [6.45, 7) is 5.89. The summed E-state index contributed by atoms with van der Waals surface area (Å²) in [4.78, 5) is 33.2. The van der Waals surface area contributed by atoms with E-state index in [2.05, 4.69) is 19.9 Å². The number of aromatic nitrogens is 2. The van der Waals surface area contributed by atoms with E-state index < -0.39 is 0 Å². The van der Waals surface area contributed by atoms with E-state index in [0.29, 0.717) is 16.1 Å². The van der Waals surface area contributed by atoms with Crippen molar-refractivity contribution in [2.24, 2.45) is 0 Å². The van der Waals surface area contributed by atoms with E-state index in [4.69, 9.17) is 4.98 Å². The molecule has 1 aliphatic heterocycles. The van der Waals surface area contributed by atoms with Crippen LogP contribution in [0, 0.1) is 0 Å². The highest BCUT2D eigenvalue weighted by molar-refractivity contribution is 7.99. The first-order valence-corrected chi connectivity index (χ1v) is 12.1. The normalized spacial score (nSPS) is 14.7. The molecule has 1 saturated heterocycles. The summed E-state index contributed by atoms with van der Waals surface area (Å²) < 4.78 is 1.69. The van der Waals surface area contributed by atoms with Gasteiger partial charge < -0.3 is 4.90 Å². The van der Waals surface area contributed by atoms with Gasteiger partial charge in [-0.05, 0) is 42.5 Å². The Hall–Kier alpha value is -2.60. The van der Waals surface area contributed by atoms with Crippen LogP contribution < -0.4 is 5.56 Å². The fourth-order valence-electron chi connectivity index (χ4n) is 4.14. The van der Waals surface area contributed by atoms with Gasteiger partial charge in [0.1, 0.15) is 0 Å². The molecule has 5 nitrogen and oxygen atoms in total. The molecule has 0 atom stereocenters. The number of thioether (sulfide) groups is 1. The lowest BCUT2D eigenvalue weighted by atomic mass is 10.0. The molecule has 3 aromatic rings. The van der Waals surface area contributed by atoms with Gasteiger partial charge in [-0.15, -0.1) is 0 Å². The number of amides is 1. The first-order chi connectivity index (χ1) is 15.1. The summed E-state index contributed by atoms with van der Waals surface area (Å²) in [5, 5.41) is 1.16. The minimum Gasteiger partial charge on any atom is -0.342 e. The lowest BCUT2D eigenvalue weighted by Gasteiger charge is -2.21. The molecule has 1 aliphatic rings. The molecule has 31 heavy (non-hydrogen) atoms. The largest absolute Gasteiger partial charge is 0.342 e. The summed E-state index contributed by atoms with van der Waals surface area (Å²) >= 11 is 1.36. The number of para-hydroxylation sites is 2. The maximum absolute atomic E-state index is 13.5. The van der Waals surface area contributed by atoms with Gasteiger partial charge in [0.05, 0.1) is 22.3 Å². The maximum atomic E-state index is 13.5. The van der Waals surface area contributed by atoms with Crippen molar-refractivity contribution in [3.05, 3.63) is 64.4 Å². The highest BCUT2D eigenvalue weighted by Crippen LogP contribution is 2.27. The predicted octanol–water partition coefficient (Wildman–Crippen LogP) is 5.00.